The molecule has 0 aromatic rings. The van der Waals surface area contributed by atoms with Crippen LogP contribution in [0.2, 0.25) is 0 Å². The zero-order valence-corrected chi connectivity index (χ0v) is 10.8. The maximum absolute atomic E-state index is 12.7. The first-order chi connectivity index (χ1) is 7.84. The fourth-order valence-corrected chi connectivity index (χ4v) is 2.54. The van der Waals surface area contributed by atoms with Crippen molar-refractivity contribution in [2.45, 2.75) is 32.4 Å². The van der Waals surface area contributed by atoms with Gasteiger partial charge in [0.05, 0.1) is 4.99 Å². The lowest BCUT2D eigenvalue weighted by Gasteiger charge is -2.24. The highest BCUT2D eigenvalue weighted by Crippen LogP contribution is 2.29. The van der Waals surface area contributed by atoms with E-state index >= 15 is 0 Å². The molecule has 0 bridgehead atoms. The van der Waals surface area contributed by atoms with Crippen LogP contribution in [0.3, 0.4) is 0 Å². The van der Waals surface area contributed by atoms with Gasteiger partial charge in [0, 0.05) is 13.1 Å². The summed E-state index contributed by atoms with van der Waals surface area (Å²) in [6.07, 6.45) is -1.18. The van der Waals surface area contributed by atoms with Gasteiger partial charge in [-0.1, -0.05) is 25.6 Å². The van der Waals surface area contributed by atoms with Crippen LogP contribution in [0.4, 0.5) is 13.2 Å². The van der Waals surface area contributed by atoms with E-state index < -0.39 is 17.1 Å². The van der Waals surface area contributed by atoms with Crippen LogP contribution in [0.15, 0.2) is 0 Å². The number of hydrogen-bond donors (Lipinski definition) is 1. The van der Waals surface area contributed by atoms with Gasteiger partial charge in [-0.25, -0.2) is 0 Å². The van der Waals surface area contributed by atoms with Gasteiger partial charge < -0.3 is 10.6 Å². The summed E-state index contributed by atoms with van der Waals surface area (Å²) in [4.78, 5) is 1.38. The summed E-state index contributed by atoms with van der Waals surface area (Å²) < 4.78 is 38.0. The third-order valence-electron chi connectivity index (χ3n) is 3.25. The quantitative estimate of drug-likeness (QED) is 0.777. The van der Waals surface area contributed by atoms with Crippen LogP contribution in [0, 0.1) is 11.8 Å². The van der Waals surface area contributed by atoms with E-state index in [9.17, 15) is 13.2 Å². The summed E-state index contributed by atoms with van der Waals surface area (Å²) in [6.45, 7) is 3.47. The highest BCUT2D eigenvalue weighted by molar-refractivity contribution is 7.80. The van der Waals surface area contributed by atoms with Crippen LogP contribution in [-0.4, -0.2) is 35.7 Å². The number of halogens is 3. The molecule has 0 spiro atoms. The maximum Gasteiger partial charge on any atom is 0.399 e. The molecule has 0 saturated carbocycles. The summed E-state index contributed by atoms with van der Waals surface area (Å²) >= 11 is 4.51. The van der Waals surface area contributed by atoms with E-state index in [2.05, 4.69) is 19.1 Å². The molecule has 0 amide bonds. The standard InChI is InChI=1S/C11H19F3N2S/c1-2-3-8-4-5-16(6-8)7-9(10(15)17)11(12,13)14/h8-9H,2-7H2,1H3,(H2,15,17). The summed E-state index contributed by atoms with van der Waals surface area (Å²) in [5.74, 6) is -1.14. The second-order valence-electron chi connectivity index (χ2n) is 4.70. The van der Waals surface area contributed by atoms with Gasteiger partial charge in [0.1, 0.15) is 5.92 Å². The van der Waals surface area contributed by atoms with Crippen molar-refractivity contribution < 1.29 is 13.2 Å². The summed E-state index contributed by atoms with van der Waals surface area (Å²) in [6, 6.07) is 0. The number of nitrogens with zero attached hydrogens (tertiary/aromatic N) is 1. The summed E-state index contributed by atoms with van der Waals surface area (Å²) in [5, 5.41) is 0. The van der Waals surface area contributed by atoms with Gasteiger partial charge in [-0.2, -0.15) is 13.2 Å². The molecule has 100 valence electrons. The number of nitrogens with two attached hydrogens (primary N) is 1. The number of likely N-dealkylation sites (tertiary alicyclic amines) is 1. The van der Waals surface area contributed by atoms with Crippen molar-refractivity contribution in [1.29, 1.82) is 0 Å². The highest BCUT2D eigenvalue weighted by Gasteiger charge is 2.43. The predicted octanol–water partition coefficient (Wildman–Crippen LogP) is 2.57. The third kappa shape index (κ3) is 4.43. The molecule has 1 aliphatic heterocycles. The van der Waals surface area contributed by atoms with Crippen molar-refractivity contribution in [3.63, 3.8) is 0 Å². The fourth-order valence-electron chi connectivity index (χ4n) is 2.34. The molecule has 1 saturated heterocycles. The van der Waals surface area contributed by atoms with Crippen LogP contribution in [0.5, 0.6) is 0 Å². The second-order valence-corrected chi connectivity index (χ2v) is 5.17. The molecule has 0 aliphatic carbocycles. The molecule has 2 atom stereocenters. The van der Waals surface area contributed by atoms with Gasteiger partial charge in [0.25, 0.3) is 0 Å². The van der Waals surface area contributed by atoms with E-state index in [0.29, 0.717) is 5.92 Å². The van der Waals surface area contributed by atoms with Crippen molar-refractivity contribution in [3.05, 3.63) is 0 Å². The number of rotatable bonds is 5. The van der Waals surface area contributed by atoms with Crippen molar-refractivity contribution in [3.8, 4) is 0 Å². The zero-order chi connectivity index (χ0) is 13.1. The molecule has 17 heavy (non-hydrogen) atoms. The first-order valence-corrected chi connectivity index (χ1v) is 6.33. The minimum Gasteiger partial charge on any atom is -0.393 e. The molecule has 0 radical (unpaired) electrons. The van der Waals surface area contributed by atoms with Crippen LogP contribution in [0.1, 0.15) is 26.2 Å². The SMILES string of the molecule is CCCC1CCN(CC(C(N)=S)C(F)(F)F)C1. The Kier molecular flexibility index (Phi) is 5.19. The molecule has 2 unspecified atom stereocenters. The average molecular weight is 268 g/mol. The Balaban J connectivity index is 2.50. The van der Waals surface area contributed by atoms with E-state index in [-0.39, 0.29) is 6.54 Å². The molecule has 1 heterocycles. The number of hydrogen-bond acceptors (Lipinski definition) is 2. The Bertz CT molecular complexity index is 268. The normalized spacial score (nSPS) is 23.9. The minimum absolute atomic E-state index is 0.0843. The Morgan fingerprint density at radius 3 is 2.65 bits per heavy atom. The molecule has 2 N–H and O–H groups in total. The molecular formula is C11H19F3N2S. The van der Waals surface area contributed by atoms with Crippen LogP contribution >= 0.6 is 12.2 Å². The number of alkyl halides is 3. The maximum atomic E-state index is 12.7. The van der Waals surface area contributed by atoms with E-state index in [0.717, 1.165) is 32.4 Å². The number of thiocarbonyl (C=S) groups is 1. The molecule has 1 fully saturated rings. The molecule has 0 aromatic carbocycles. The third-order valence-corrected chi connectivity index (χ3v) is 3.53. The Morgan fingerprint density at radius 1 is 1.53 bits per heavy atom. The molecular weight excluding hydrogens is 249 g/mol. The predicted molar refractivity (Wildman–Crippen MR) is 65.8 cm³/mol. The average Bonchev–Trinajstić information content (AvgIpc) is 2.60. The zero-order valence-electron chi connectivity index (χ0n) is 9.96. The minimum atomic E-state index is -4.32. The monoisotopic (exact) mass is 268 g/mol. The topological polar surface area (TPSA) is 29.3 Å². The van der Waals surface area contributed by atoms with Crippen molar-refractivity contribution in [1.82, 2.24) is 4.90 Å². The van der Waals surface area contributed by atoms with E-state index in [1.807, 2.05) is 4.90 Å². The Labute approximate surface area is 105 Å². The Morgan fingerprint density at radius 2 is 2.18 bits per heavy atom. The lowest BCUT2D eigenvalue weighted by atomic mass is 10.0. The van der Waals surface area contributed by atoms with E-state index in [1.165, 1.54) is 0 Å². The molecule has 6 heteroatoms. The van der Waals surface area contributed by atoms with Gasteiger partial charge in [-0.05, 0) is 25.3 Å². The summed E-state index contributed by atoms with van der Waals surface area (Å²) in [7, 11) is 0. The summed E-state index contributed by atoms with van der Waals surface area (Å²) in [5.41, 5.74) is 5.18. The first-order valence-electron chi connectivity index (χ1n) is 5.93. The molecule has 2 nitrogen and oxygen atoms in total. The largest absolute Gasteiger partial charge is 0.399 e. The van der Waals surface area contributed by atoms with Gasteiger partial charge >= 0.3 is 6.18 Å². The van der Waals surface area contributed by atoms with Crippen molar-refractivity contribution >= 4 is 17.2 Å². The van der Waals surface area contributed by atoms with Gasteiger partial charge in [-0.15, -0.1) is 0 Å². The molecule has 1 rings (SSSR count). The second kappa shape index (κ2) is 6.00. The van der Waals surface area contributed by atoms with Crippen LogP contribution < -0.4 is 5.73 Å². The Hall–Kier alpha value is -0.360. The lowest BCUT2D eigenvalue weighted by Crippen LogP contribution is -2.42. The van der Waals surface area contributed by atoms with Crippen molar-refractivity contribution in [2.75, 3.05) is 19.6 Å². The van der Waals surface area contributed by atoms with Crippen molar-refractivity contribution in [2.24, 2.45) is 17.6 Å². The van der Waals surface area contributed by atoms with Crippen LogP contribution in [-0.2, 0) is 0 Å². The van der Waals surface area contributed by atoms with Gasteiger partial charge in [0.2, 0.25) is 0 Å². The van der Waals surface area contributed by atoms with Gasteiger partial charge in [0.15, 0.2) is 0 Å². The van der Waals surface area contributed by atoms with Gasteiger partial charge in [-0.3, -0.25) is 0 Å². The van der Waals surface area contributed by atoms with Crippen LogP contribution in [0.25, 0.3) is 0 Å². The molecule has 1 aliphatic rings. The highest BCUT2D eigenvalue weighted by atomic mass is 32.1. The fraction of sp³-hybridized carbons (Fsp3) is 0.909. The van der Waals surface area contributed by atoms with E-state index in [4.69, 9.17) is 5.73 Å². The first kappa shape index (κ1) is 14.7. The smallest absolute Gasteiger partial charge is 0.393 e. The molecule has 0 aromatic heterocycles. The van der Waals surface area contributed by atoms with E-state index in [1.54, 1.807) is 0 Å². The lowest BCUT2D eigenvalue weighted by molar-refractivity contribution is -0.158.